The Balaban J connectivity index is 2.36. The Hall–Kier alpha value is -2.77. The lowest BCUT2D eigenvalue weighted by Crippen LogP contribution is -2.31. The zero-order chi connectivity index (χ0) is 17.4. The molecule has 2 aromatic carbocycles. The van der Waals surface area contributed by atoms with Crippen molar-refractivity contribution in [3.63, 3.8) is 0 Å². The number of carbonyl (C=O) groups excluding carboxylic acids is 1. The number of hydrogen-bond acceptors (Lipinski definition) is 3. The van der Waals surface area contributed by atoms with Gasteiger partial charge in [0.2, 0.25) is 0 Å². The van der Waals surface area contributed by atoms with Gasteiger partial charge in [-0.2, -0.15) is 5.26 Å². The second-order valence-corrected chi connectivity index (χ2v) is 6.08. The third-order valence-corrected chi connectivity index (χ3v) is 4.48. The molecule has 0 fully saturated rings. The molecule has 0 heterocycles. The maximum atomic E-state index is 12.8. The fourth-order valence-electron chi connectivity index (χ4n) is 2.22. The van der Waals surface area contributed by atoms with Crippen LogP contribution in [-0.4, -0.2) is 23.9 Å². The minimum absolute atomic E-state index is 0.0765. The summed E-state index contributed by atoms with van der Waals surface area (Å²) in [6, 6.07) is 17.0. The maximum absolute atomic E-state index is 12.8. The highest BCUT2D eigenvalue weighted by atomic mass is 32.2. The quantitative estimate of drug-likeness (QED) is 0.699. The van der Waals surface area contributed by atoms with E-state index in [-0.39, 0.29) is 5.91 Å². The van der Waals surface area contributed by atoms with Gasteiger partial charge in [-0.15, -0.1) is 13.2 Å². The standard InChI is InChI=1S/C20H18N2OS/c1-3-13-22(14-4-2)20(23)17-10-6-8-12-19(17)24-18-11-7-5-9-16(18)15-21/h3-12H,1-2,13-14H2. The fraction of sp³-hybridized carbons (Fsp3) is 0.100. The number of carbonyl (C=O) groups is 1. The van der Waals surface area contributed by atoms with Crippen molar-refractivity contribution in [3.8, 4) is 6.07 Å². The van der Waals surface area contributed by atoms with E-state index in [0.717, 1.165) is 9.79 Å². The predicted molar refractivity (Wildman–Crippen MR) is 98.0 cm³/mol. The lowest BCUT2D eigenvalue weighted by atomic mass is 10.2. The molecule has 4 heteroatoms. The largest absolute Gasteiger partial charge is 0.331 e. The first-order valence-corrected chi connectivity index (χ1v) is 8.30. The second kappa shape index (κ2) is 8.76. The average molecular weight is 334 g/mol. The Morgan fingerprint density at radius 2 is 1.62 bits per heavy atom. The Morgan fingerprint density at radius 1 is 1.04 bits per heavy atom. The van der Waals surface area contributed by atoms with E-state index >= 15 is 0 Å². The number of benzene rings is 2. The van der Waals surface area contributed by atoms with Crippen molar-refractivity contribution in [2.75, 3.05) is 13.1 Å². The van der Waals surface area contributed by atoms with E-state index in [0.29, 0.717) is 24.2 Å². The van der Waals surface area contributed by atoms with Gasteiger partial charge in [-0.25, -0.2) is 0 Å². The van der Waals surface area contributed by atoms with Crippen LogP contribution in [0.25, 0.3) is 0 Å². The molecule has 2 aromatic rings. The van der Waals surface area contributed by atoms with Gasteiger partial charge in [0.1, 0.15) is 6.07 Å². The van der Waals surface area contributed by atoms with E-state index in [1.807, 2.05) is 36.4 Å². The summed E-state index contributed by atoms with van der Waals surface area (Å²) in [6.07, 6.45) is 3.39. The molecule has 0 saturated heterocycles. The molecule has 0 aliphatic heterocycles. The van der Waals surface area contributed by atoms with Crippen LogP contribution in [0.3, 0.4) is 0 Å². The van der Waals surface area contributed by atoms with Crippen LogP contribution in [0, 0.1) is 11.3 Å². The summed E-state index contributed by atoms with van der Waals surface area (Å²) in [5, 5.41) is 9.24. The molecule has 3 nitrogen and oxygen atoms in total. The van der Waals surface area contributed by atoms with Crippen LogP contribution in [-0.2, 0) is 0 Å². The zero-order valence-corrected chi connectivity index (χ0v) is 14.1. The summed E-state index contributed by atoms with van der Waals surface area (Å²) in [6.45, 7) is 8.32. The predicted octanol–water partition coefficient (Wildman–Crippen LogP) is 4.52. The number of hydrogen-bond donors (Lipinski definition) is 0. The SMILES string of the molecule is C=CCN(CC=C)C(=O)c1ccccc1Sc1ccccc1C#N. The zero-order valence-electron chi connectivity index (χ0n) is 13.3. The maximum Gasteiger partial charge on any atom is 0.255 e. The van der Waals surface area contributed by atoms with Crippen LogP contribution >= 0.6 is 11.8 Å². The van der Waals surface area contributed by atoms with Crippen molar-refractivity contribution in [1.82, 2.24) is 4.90 Å². The number of amides is 1. The van der Waals surface area contributed by atoms with E-state index < -0.39 is 0 Å². The van der Waals surface area contributed by atoms with Crippen molar-refractivity contribution < 1.29 is 4.79 Å². The van der Waals surface area contributed by atoms with Crippen LogP contribution in [0.1, 0.15) is 15.9 Å². The average Bonchev–Trinajstić information content (AvgIpc) is 2.62. The van der Waals surface area contributed by atoms with Crippen LogP contribution in [0.2, 0.25) is 0 Å². The van der Waals surface area contributed by atoms with Crippen molar-refractivity contribution in [3.05, 3.63) is 85.0 Å². The highest BCUT2D eigenvalue weighted by Crippen LogP contribution is 2.33. The van der Waals surface area contributed by atoms with E-state index in [1.54, 1.807) is 29.2 Å². The first-order valence-electron chi connectivity index (χ1n) is 7.48. The van der Waals surface area contributed by atoms with Crippen LogP contribution in [0.5, 0.6) is 0 Å². The summed E-state index contributed by atoms with van der Waals surface area (Å²) in [7, 11) is 0. The van der Waals surface area contributed by atoms with E-state index in [2.05, 4.69) is 19.2 Å². The summed E-state index contributed by atoms with van der Waals surface area (Å²) < 4.78 is 0. The molecule has 0 spiro atoms. The van der Waals surface area contributed by atoms with E-state index in [4.69, 9.17) is 0 Å². The molecule has 0 atom stereocenters. The number of nitrogens with zero attached hydrogens (tertiary/aromatic N) is 2. The number of rotatable bonds is 7. The van der Waals surface area contributed by atoms with Gasteiger partial charge in [-0.3, -0.25) is 4.79 Å². The molecule has 120 valence electrons. The van der Waals surface area contributed by atoms with Crippen molar-refractivity contribution >= 4 is 17.7 Å². The molecule has 1 amide bonds. The van der Waals surface area contributed by atoms with Gasteiger partial charge < -0.3 is 4.90 Å². The lowest BCUT2D eigenvalue weighted by Gasteiger charge is -2.20. The Labute approximate surface area is 146 Å². The summed E-state index contributed by atoms with van der Waals surface area (Å²) in [4.78, 5) is 16.2. The number of nitriles is 1. The van der Waals surface area contributed by atoms with Gasteiger partial charge in [-0.05, 0) is 24.3 Å². The molecule has 0 unspecified atom stereocenters. The molecule has 0 aliphatic carbocycles. The van der Waals surface area contributed by atoms with Gasteiger partial charge in [0, 0.05) is 22.9 Å². The highest BCUT2D eigenvalue weighted by Gasteiger charge is 2.18. The molecule has 0 N–H and O–H groups in total. The third-order valence-electron chi connectivity index (χ3n) is 3.33. The monoisotopic (exact) mass is 334 g/mol. The lowest BCUT2D eigenvalue weighted by molar-refractivity contribution is 0.0787. The second-order valence-electron chi connectivity index (χ2n) is 4.99. The third kappa shape index (κ3) is 4.15. The van der Waals surface area contributed by atoms with Crippen LogP contribution in [0.4, 0.5) is 0 Å². The molecule has 24 heavy (non-hydrogen) atoms. The summed E-state index contributed by atoms with van der Waals surface area (Å²) >= 11 is 1.43. The molecule has 0 bridgehead atoms. The normalized spacial score (nSPS) is 9.79. The van der Waals surface area contributed by atoms with Crippen molar-refractivity contribution in [1.29, 1.82) is 5.26 Å². The minimum Gasteiger partial charge on any atom is -0.331 e. The molecule has 2 rings (SSSR count). The molecular formula is C20H18N2OS. The van der Waals surface area contributed by atoms with Crippen LogP contribution in [0.15, 0.2) is 83.6 Å². The van der Waals surface area contributed by atoms with Crippen LogP contribution < -0.4 is 0 Å². The Morgan fingerprint density at radius 3 is 2.25 bits per heavy atom. The molecule has 0 saturated carbocycles. The molecule has 0 radical (unpaired) electrons. The van der Waals surface area contributed by atoms with Gasteiger partial charge in [0.25, 0.3) is 5.91 Å². The van der Waals surface area contributed by atoms with E-state index in [9.17, 15) is 10.1 Å². The van der Waals surface area contributed by atoms with E-state index in [1.165, 1.54) is 11.8 Å². The van der Waals surface area contributed by atoms with Crippen molar-refractivity contribution in [2.24, 2.45) is 0 Å². The minimum atomic E-state index is -0.0765. The summed E-state index contributed by atoms with van der Waals surface area (Å²) in [5.74, 6) is -0.0765. The Bertz CT molecular complexity index is 782. The molecular weight excluding hydrogens is 316 g/mol. The van der Waals surface area contributed by atoms with Gasteiger partial charge in [0.05, 0.1) is 11.1 Å². The van der Waals surface area contributed by atoms with Gasteiger partial charge in [0.15, 0.2) is 0 Å². The van der Waals surface area contributed by atoms with Gasteiger partial charge in [-0.1, -0.05) is 48.2 Å². The first kappa shape index (κ1) is 17.6. The highest BCUT2D eigenvalue weighted by molar-refractivity contribution is 7.99. The van der Waals surface area contributed by atoms with Gasteiger partial charge >= 0.3 is 0 Å². The smallest absolute Gasteiger partial charge is 0.255 e. The fourth-order valence-corrected chi connectivity index (χ4v) is 3.24. The summed E-state index contributed by atoms with van der Waals surface area (Å²) in [5.41, 5.74) is 1.21. The Kier molecular flexibility index (Phi) is 6.41. The topological polar surface area (TPSA) is 44.1 Å². The molecule has 0 aromatic heterocycles. The van der Waals surface area contributed by atoms with Crippen molar-refractivity contribution in [2.45, 2.75) is 9.79 Å². The molecule has 0 aliphatic rings. The first-order chi connectivity index (χ1) is 11.7.